The van der Waals surface area contributed by atoms with E-state index in [1.807, 2.05) is 39.0 Å². The fourth-order valence-corrected chi connectivity index (χ4v) is 2.65. The van der Waals surface area contributed by atoms with Crippen molar-refractivity contribution >= 4 is 23.0 Å². The zero-order chi connectivity index (χ0) is 18.2. The molecule has 2 rings (SSSR count). The average molecular weight is 362 g/mol. The molecule has 134 valence electrons. The molecule has 2 aromatic carbocycles. The van der Waals surface area contributed by atoms with Gasteiger partial charge in [-0.25, -0.2) is 4.39 Å². The zero-order valence-electron chi connectivity index (χ0n) is 14.6. The Balaban J connectivity index is 2.05. The highest BCUT2D eigenvalue weighted by Crippen LogP contribution is 2.30. The third-order valence-electron chi connectivity index (χ3n) is 3.50. The monoisotopic (exact) mass is 362 g/mol. The Morgan fingerprint density at radius 1 is 1.08 bits per heavy atom. The van der Waals surface area contributed by atoms with Gasteiger partial charge in [0, 0.05) is 5.69 Å². The van der Waals surface area contributed by atoms with Gasteiger partial charge in [0.1, 0.15) is 5.82 Å². The number of rotatable bonds is 7. The molecule has 0 heterocycles. The summed E-state index contributed by atoms with van der Waals surface area (Å²) in [5.74, 6) is 1.12. The van der Waals surface area contributed by atoms with E-state index in [9.17, 15) is 4.39 Å². The molecule has 4 nitrogen and oxygen atoms in total. The molecule has 2 N–H and O–H groups in total. The molecule has 6 heteroatoms. The maximum atomic E-state index is 13.2. The smallest absolute Gasteiger partial charge is 0.171 e. The molecule has 0 bridgehead atoms. The summed E-state index contributed by atoms with van der Waals surface area (Å²) in [4.78, 5) is 0. The van der Waals surface area contributed by atoms with Crippen LogP contribution in [0, 0.1) is 5.82 Å². The molecule has 0 aliphatic rings. The SMILES string of the molecule is CCOc1ccc(C(C)NC(=S)Nc2cccc(F)c2)cc1OCC. The molecule has 0 aliphatic heterocycles. The second-order valence-electron chi connectivity index (χ2n) is 5.40. The fraction of sp³-hybridized carbons (Fsp3) is 0.316. The first kappa shape index (κ1) is 19.0. The van der Waals surface area contributed by atoms with Crippen molar-refractivity contribution < 1.29 is 13.9 Å². The van der Waals surface area contributed by atoms with Gasteiger partial charge in [0.15, 0.2) is 16.6 Å². The van der Waals surface area contributed by atoms with E-state index in [0.717, 1.165) is 11.3 Å². The van der Waals surface area contributed by atoms with Gasteiger partial charge < -0.3 is 20.1 Å². The molecule has 0 spiro atoms. The minimum Gasteiger partial charge on any atom is -0.490 e. The third kappa shape index (κ3) is 5.60. The minimum atomic E-state index is -0.311. The van der Waals surface area contributed by atoms with Gasteiger partial charge in [0.2, 0.25) is 0 Å². The summed E-state index contributed by atoms with van der Waals surface area (Å²) in [6, 6.07) is 11.9. The molecule has 25 heavy (non-hydrogen) atoms. The lowest BCUT2D eigenvalue weighted by molar-refractivity contribution is 0.287. The number of hydrogen-bond donors (Lipinski definition) is 2. The number of halogens is 1. The van der Waals surface area contributed by atoms with Crippen LogP contribution in [0.2, 0.25) is 0 Å². The Bertz CT molecular complexity index is 724. The highest BCUT2D eigenvalue weighted by atomic mass is 32.1. The van der Waals surface area contributed by atoms with E-state index in [1.165, 1.54) is 12.1 Å². The third-order valence-corrected chi connectivity index (χ3v) is 3.72. The van der Waals surface area contributed by atoms with Crippen LogP contribution < -0.4 is 20.1 Å². The van der Waals surface area contributed by atoms with E-state index < -0.39 is 0 Å². The molecule has 0 saturated heterocycles. The van der Waals surface area contributed by atoms with Gasteiger partial charge in [-0.05, 0) is 68.9 Å². The lowest BCUT2D eigenvalue weighted by Crippen LogP contribution is -2.30. The van der Waals surface area contributed by atoms with Crippen molar-refractivity contribution in [1.82, 2.24) is 5.32 Å². The van der Waals surface area contributed by atoms with Gasteiger partial charge >= 0.3 is 0 Å². The standard InChI is InChI=1S/C19H23FN2O2S/c1-4-23-17-10-9-14(11-18(17)24-5-2)13(3)21-19(25)22-16-8-6-7-15(20)12-16/h6-13H,4-5H2,1-3H3,(H2,21,22,25). The summed E-state index contributed by atoms with van der Waals surface area (Å²) in [6.45, 7) is 7.00. The fourth-order valence-electron chi connectivity index (χ4n) is 2.35. The first-order valence-corrected chi connectivity index (χ1v) is 8.67. The van der Waals surface area contributed by atoms with Crippen LogP contribution in [0.1, 0.15) is 32.4 Å². The molecular formula is C19H23FN2O2S. The van der Waals surface area contributed by atoms with Crippen molar-refractivity contribution in [3.8, 4) is 11.5 Å². The molecule has 2 aromatic rings. The van der Waals surface area contributed by atoms with Crippen LogP contribution in [0.15, 0.2) is 42.5 Å². The Morgan fingerprint density at radius 2 is 1.80 bits per heavy atom. The predicted octanol–water partition coefficient (Wildman–Crippen LogP) is 4.67. The summed E-state index contributed by atoms with van der Waals surface area (Å²) in [7, 11) is 0. The van der Waals surface area contributed by atoms with Gasteiger partial charge in [-0.1, -0.05) is 12.1 Å². The van der Waals surface area contributed by atoms with Crippen molar-refractivity contribution in [3.63, 3.8) is 0 Å². The van der Waals surface area contributed by atoms with Gasteiger partial charge in [-0.3, -0.25) is 0 Å². The van der Waals surface area contributed by atoms with Gasteiger partial charge in [-0.15, -0.1) is 0 Å². The Hall–Kier alpha value is -2.34. The van der Waals surface area contributed by atoms with E-state index >= 15 is 0 Å². The molecule has 0 fully saturated rings. The second-order valence-corrected chi connectivity index (χ2v) is 5.81. The highest BCUT2D eigenvalue weighted by Gasteiger charge is 2.12. The Labute approximate surface area is 153 Å². The molecule has 0 aliphatic carbocycles. The Morgan fingerprint density at radius 3 is 2.48 bits per heavy atom. The van der Waals surface area contributed by atoms with E-state index in [0.29, 0.717) is 29.8 Å². The van der Waals surface area contributed by atoms with Crippen molar-refractivity contribution in [3.05, 3.63) is 53.8 Å². The first-order chi connectivity index (χ1) is 12.0. The molecule has 0 amide bonds. The maximum absolute atomic E-state index is 13.2. The summed E-state index contributed by atoms with van der Waals surface area (Å²) < 4.78 is 24.5. The first-order valence-electron chi connectivity index (χ1n) is 8.26. The van der Waals surface area contributed by atoms with Crippen LogP contribution in [0.3, 0.4) is 0 Å². The highest BCUT2D eigenvalue weighted by molar-refractivity contribution is 7.80. The van der Waals surface area contributed by atoms with E-state index in [2.05, 4.69) is 10.6 Å². The van der Waals surface area contributed by atoms with E-state index in [1.54, 1.807) is 12.1 Å². The van der Waals surface area contributed by atoms with Crippen LogP contribution in [-0.4, -0.2) is 18.3 Å². The van der Waals surface area contributed by atoms with Crippen molar-refractivity contribution in [2.24, 2.45) is 0 Å². The normalized spacial score (nSPS) is 11.5. The Kier molecular flexibility index (Phi) is 7.01. The maximum Gasteiger partial charge on any atom is 0.171 e. The van der Waals surface area contributed by atoms with Gasteiger partial charge in [0.05, 0.1) is 19.3 Å². The summed E-state index contributed by atoms with van der Waals surface area (Å²) in [6.07, 6.45) is 0. The van der Waals surface area contributed by atoms with Crippen molar-refractivity contribution in [2.45, 2.75) is 26.8 Å². The number of benzene rings is 2. The van der Waals surface area contributed by atoms with Crippen LogP contribution in [-0.2, 0) is 0 Å². The lowest BCUT2D eigenvalue weighted by Gasteiger charge is -2.19. The summed E-state index contributed by atoms with van der Waals surface area (Å²) >= 11 is 5.31. The topological polar surface area (TPSA) is 42.5 Å². The van der Waals surface area contributed by atoms with E-state index in [-0.39, 0.29) is 11.9 Å². The molecule has 0 radical (unpaired) electrons. The number of ether oxygens (including phenoxy) is 2. The minimum absolute atomic E-state index is 0.0524. The molecule has 1 atom stereocenters. The second kappa shape index (κ2) is 9.22. The lowest BCUT2D eigenvalue weighted by atomic mass is 10.1. The average Bonchev–Trinajstić information content (AvgIpc) is 2.56. The van der Waals surface area contributed by atoms with Crippen LogP contribution in [0.4, 0.5) is 10.1 Å². The largest absolute Gasteiger partial charge is 0.490 e. The zero-order valence-corrected chi connectivity index (χ0v) is 15.5. The van der Waals surface area contributed by atoms with Crippen molar-refractivity contribution in [1.29, 1.82) is 0 Å². The van der Waals surface area contributed by atoms with Crippen LogP contribution >= 0.6 is 12.2 Å². The van der Waals surface area contributed by atoms with Gasteiger partial charge in [0.25, 0.3) is 0 Å². The number of thiocarbonyl (C=S) groups is 1. The number of hydrogen-bond acceptors (Lipinski definition) is 3. The quantitative estimate of drug-likeness (QED) is 0.701. The molecule has 0 saturated carbocycles. The predicted molar refractivity (Wildman–Crippen MR) is 103 cm³/mol. The number of nitrogens with one attached hydrogen (secondary N) is 2. The van der Waals surface area contributed by atoms with Crippen molar-refractivity contribution in [2.75, 3.05) is 18.5 Å². The molecule has 1 unspecified atom stereocenters. The van der Waals surface area contributed by atoms with Crippen LogP contribution in [0.5, 0.6) is 11.5 Å². The van der Waals surface area contributed by atoms with E-state index in [4.69, 9.17) is 21.7 Å². The molecule has 0 aromatic heterocycles. The number of anilines is 1. The summed E-state index contributed by atoms with van der Waals surface area (Å²) in [5, 5.41) is 6.59. The van der Waals surface area contributed by atoms with Gasteiger partial charge in [-0.2, -0.15) is 0 Å². The molecular weight excluding hydrogens is 339 g/mol. The summed E-state index contributed by atoms with van der Waals surface area (Å²) in [5.41, 5.74) is 1.61. The van der Waals surface area contributed by atoms with Crippen LogP contribution in [0.25, 0.3) is 0 Å².